The number of nitrogens with zero attached hydrogens (tertiary/aromatic N) is 4. The van der Waals surface area contributed by atoms with E-state index in [9.17, 15) is 9.90 Å². The van der Waals surface area contributed by atoms with Crippen LogP contribution in [0.4, 0.5) is 10.5 Å². The molecule has 2 aliphatic heterocycles. The third-order valence-corrected chi connectivity index (χ3v) is 7.57. The van der Waals surface area contributed by atoms with Crippen molar-refractivity contribution in [3.63, 3.8) is 0 Å². The lowest BCUT2D eigenvalue weighted by atomic mass is 9.97. The molecule has 194 valence electrons. The number of aliphatic imine (C=N–C) groups is 1. The van der Waals surface area contributed by atoms with Crippen LogP contribution in [0.2, 0.25) is 0 Å². The molecule has 1 amide bonds. The molecule has 7 nitrogen and oxygen atoms in total. The molecule has 0 radical (unpaired) electrons. The first-order valence-electron chi connectivity index (χ1n) is 12.7. The van der Waals surface area contributed by atoms with E-state index in [1.54, 1.807) is 24.3 Å². The van der Waals surface area contributed by atoms with Crippen molar-refractivity contribution in [2.75, 3.05) is 25.1 Å². The third kappa shape index (κ3) is 5.17. The second kappa shape index (κ2) is 11.1. The Morgan fingerprint density at radius 2 is 1.76 bits per heavy atom. The summed E-state index contributed by atoms with van der Waals surface area (Å²) in [4.78, 5) is 19.9. The highest BCUT2D eigenvalue weighted by Crippen LogP contribution is 2.41. The van der Waals surface area contributed by atoms with Gasteiger partial charge in [-0.05, 0) is 85.3 Å². The standard InChI is InChI=1S/C30H30N4O3S/c1-4-33(5-2)22-14-10-20(11-15-22)18-28-29(31-30(36)38-28)34-26(24-8-6-7-9-27(24)35)19-25(32-34)21-12-16-23(37-3)17-13-21/h6-18,26,35H,4-5,19H2,1-3H3/b28-18-. The number of anilines is 1. The normalized spacial score (nSPS) is 18.1. The quantitative estimate of drug-likeness (QED) is 0.369. The van der Waals surface area contributed by atoms with Gasteiger partial charge in [0, 0.05) is 30.8 Å². The number of thioether (sulfide) groups is 1. The summed E-state index contributed by atoms with van der Waals surface area (Å²) in [6.45, 7) is 6.16. The lowest BCUT2D eigenvalue weighted by Crippen LogP contribution is -2.26. The number of amides is 1. The zero-order valence-corrected chi connectivity index (χ0v) is 22.5. The van der Waals surface area contributed by atoms with Gasteiger partial charge in [0.25, 0.3) is 0 Å². The molecule has 0 aromatic heterocycles. The van der Waals surface area contributed by atoms with Crippen LogP contribution < -0.4 is 9.64 Å². The van der Waals surface area contributed by atoms with E-state index in [1.807, 2.05) is 42.5 Å². The minimum absolute atomic E-state index is 0.184. The van der Waals surface area contributed by atoms with Crippen molar-refractivity contribution in [3.8, 4) is 11.5 Å². The number of amidine groups is 1. The van der Waals surface area contributed by atoms with Crippen molar-refractivity contribution >= 4 is 40.3 Å². The lowest BCUT2D eigenvalue weighted by Gasteiger charge is -2.24. The molecule has 1 N–H and O–H groups in total. The monoisotopic (exact) mass is 526 g/mol. The first-order chi connectivity index (χ1) is 18.5. The molecule has 8 heteroatoms. The summed E-state index contributed by atoms with van der Waals surface area (Å²) in [5.74, 6) is 1.44. The summed E-state index contributed by atoms with van der Waals surface area (Å²) in [6, 6.07) is 23.0. The van der Waals surface area contributed by atoms with Crippen molar-refractivity contribution in [1.29, 1.82) is 0 Å². The topological polar surface area (TPSA) is 77.7 Å². The summed E-state index contributed by atoms with van der Waals surface area (Å²) < 4.78 is 5.30. The van der Waals surface area contributed by atoms with Crippen LogP contribution in [-0.2, 0) is 0 Å². The number of phenols is 1. The fourth-order valence-corrected chi connectivity index (χ4v) is 5.50. The lowest BCUT2D eigenvalue weighted by molar-refractivity contribution is 0.267. The molecule has 0 aliphatic carbocycles. The number of aromatic hydroxyl groups is 1. The van der Waals surface area contributed by atoms with E-state index < -0.39 is 0 Å². The van der Waals surface area contributed by atoms with E-state index >= 15 is 0 Å². The summed E-state index contributed by atoms with van der Waals surface area (Å²) in [6.07, 6.45) is 2.52. The van der Waals surface area contributed by atoms with Crippen molar-refractivity contribution in [1.82, 2.24) is 5.01 Å². The van der Waals surface area contributed by atoms with Gasteiger partial charge in [-0.1, -0.05) is 30.3 Å². The molecule has 1 unspecified atom stereocenters. The maximum Gasteiger partial charge on any atom is 0.311 e. The zero-order chi connectivity index (χ0) is 26.6. The Morgan fingerprint density at radius 3 is 2.42 bits per heavy atom. The summed E-state index contributed by atoms with van der Waals surface area (Å²) >= 11 is 1.10. The van der Waals surface area contributed by atoms with Gasteiger partial charge in [0.1, 0.15) is 11.5 Å². The van der Waals surface area contributed by atoms with Gasteiger partial charge in [-0.2, -0.15) is 10.1 Å². The number of carbonyl (C=O) groups excluding carboxylic acids is 1. The highest BCUT2D eigenvalue weighted by atomic mass is 32.2. The van der Waals surface area contributed by atoms with Gasteiger partial charge in [-0.25, -0.2) is 5.01 Å². The Labute approximate surface area is 227 Å². The smallest absolute Gasteiger partial charge is 0.311 e. The first kappa shape index (κ1) is 25.6. The summed E-state index contributed by atoms with van der Waals surface area (Å²) in [5.41, 5.74) is 4.66. The molecule has 0 fully saturated rings. The predicted octanol–water partition coefficient (Wildman–Crippen LogP) is 6.70. The highest BCUT2D eigenvalue weighted by Gasteiger charge is 2.37. The Hall–Kier alpha value is -4.04. The first-order valence-corrected chi connectivity index (χ1v) is 13.5. The second-order valence-electron chi connectivity index (χ2n) is 8.97. The molecule has 1 atom stereocenters. The van der Waals surface area contributed by atoms with Crippen LogP contribution in [-0.4, -0.2) is 47.1 Å². The number of hydrogen-bond donors (Lipinski definition) is 1. The number of carbonyl (C=O) groups is 1. The number of hydrogen-bond acceptors (Lipinski definition) is 7. The highest BCUT2D eigenvalue weighted by molar-refractivity contribution is 8.18. The maximum absolute atomic E-state index is 12.6. The van der Waals surface area contributed by atoms with Crippen molar-refractivity contribution in [2.45, 2.75) is 26.3 Å². The molecule has 0 saturated carbocycles. The fraction of sp³-hybridized carbons (Fsp3) is 0.233. The molecule has 38 heavy (non-hydrogen) atoms. The van der Waals surface area contributed by atoms with Crippen LogP contribution >= 0.6 is 11.8 Å². The zero-order valence-electron chi connectivity index (χ0n) is 21.7. The predicted molar refractivity (Wildman–Crippen MR) is 155 cm³/mol. The number of ether oxygens (including phenoxy) is 1. The largest absolute Gasteiger partial charge is 0.508 e. The van der Waals surface area contributed by atoms with Gasteiger partial charge >= 0.3 is 5.24 Å². The molecule has 5 rings (SSSR count). The van der Waals surface area contributed by atoms with E-state index in [0.29, 0.717) is 12.3 Å². The molecule has 2 heterocycles. The second-order valence-corrected chi connectivity index (χ2v) is 9.97. The number of methoxy groups -OCH3 is 1. The molecule has 3 aromatic rings. The summed E-state index contributed by atoms with van der Waals surface area (Å²) in [5, 5.41) is 17.1. The molecule has 0 spiro atoms. The van der Waals surface area contributed by atoms with Crippen LogP contribution in [0, 0.1) is 0 Å². The Balaban J connectivity index is 1.52. The van der Waals surface area contributed by atoms with Crippen LogP contribution in [0.25, 0.3) is 6.08 Å². The Kier molecular flexibility index (Phi) is 7.51. The number of para-hydroxylation sites is 1. The van der Waals surface area contributed by atoms with Crippen LogP contribution in [0.1, 0.15) is 43.0 Å². The van der Waals surface area contributed by atoms with Crippen LogP contribution in [0.3, 0.4) is 0 Å². The summed E-state index contributed by atoms with van der Waals surface area (Å²) in [7, 11) is 1.63. The molecule has 0 bridgehead atoms. The molecule has 0 saturated heterocycles. The molecular weight excluding hydrogens is 496 g/mol. The molecular formula is C30H30N4O3S. The van der Waals surface area contributed by atoms with Gasteiger partial charge in [0.15, 0.2) is 5.84 Å². The SMILES string of the molecule is CCN(CC)c1ccc(/C=C2\SC(=O)N=C2N2N=C(c3ccc(OC)cc3)CC2c2ccccc2O)cc1. The number of benzene rings is 3. The van der Waals surface area contributed by atoms with Gasteiger partial charge in [-0.15, -0.1) is 0 Å². The van der Waals surface area contributed by atoms with Gasteiger partial charge < -0.3 is 14.7 Å². The van der Waals surface area contributed by atoms with E-state index in [-0.39, 0.29) is 17.0 Å². The average Bonchev–Trinajstić information content (AvgIpc) is 3.54. The van der Waals surface area contributed by atoms with Crippen LogP contribution in [0.5, 0.6) is 11.5 Å². The Bertz CT molecular complexity index is 1410. The van der Waals surface area contributed by atoms with Crippen molar-refractivity contribution in [2.24, 2.45) is 10.1 Å². The Morgan fingerprint density at radius 1 is 1.05 bits per heavy atom. The van der Waals surface area contributed by atoms with E-state index in [0.717, 1.165) is 63.6 Å². The number of phenolic OH excluding ortho intramolecular Hbond substituents is 1. The minimum Gasteiger partial charge on any atom is -0.508 e. The number of rotatable bonds is 7. The molecule has 2 aliphatic rings. The van der Waals surface area contributed by atoms with Crippen molar-refractivity contribution < 1.29 is 14.6 Å². The molecule has 3 aromatic carbocycles. The minimum atomic E-state index is -0.313. The average molecular weight is 527 g/mol. The van der Waals surface area contributed by atoms with Crippen molar-refractivity contribution in [3.05, 3.63) is 94.4 Å². The fourth-order valence-electron chi connectivity index (χ4n) is 4.76. The maximum atomic E-state index is 12.6. The third-order valence-electron chi connectivity index (χ3n) is 6.78. The van der Waals surface area contributed by atoms with E-state index in [4.69, 9.17) is 9.84 Å². The van der Waals surface area contributed by atoms with E-state index in [1.165, 1.54) is 0 Å². The van der Waals surface area contributed by atoms with Gasteiger partial charge in [-0.3, -0.25) is 4.79 Å². The van der Waals surface area contributed by atoms with Gasteiger partial charge in [0.05, 0.1) is 23.8 Å². The van der Waals surface area contributed by atoms with Crippen LogP contribution in [0.15, 0.2) is 87.8 Å². The van der Waals surface area contributed by atoms with E-state index in [2.05, 4.69) is 48.0 Å². The number of hydrazone groups is 1. The van der Waals surface area contributed by atoms with Gasteiger partial charge in [0.2, 0.25) is 0 Å².